The molecule has 3 rings (SSSR count). The predicted octanol–water partition coefficient (Wildman–Crippen LogP) is 0.998. The molecule has 2 heterocycles. The van der Waals surface area contributed by atoms with Gasteiger partial charge in [-0.05, 0) is 11.6 Å². The molecule has 0 unspecified atom stereocenters. The average Bonchev–Trinajstić information content (AvgIpc) is 2.95. The van der Waals surface area contributed by atoms with Crippen LogP contribution in [-0.2, 0) is 30.5 Å². The number of hydrogen-bond acceptors (Lipinski definition) is 5. The maximum absolute atomic E-state index is 12.5. The van der Waals surface area contributed by atoms with Crippen molar-refractivity contribution < 1.29 is 22.7 Å². The van der Waals surface area contributed by atoms with Crippen LogP contribution in [0, 0.1) is 0 Å². The molecule has 2 saturated heterocycles. The summed E-state index contributed by atoms with van der Waals surface area (Å²) in [6.45, 7) is 2.35. The summed E-state index contributed by atoms with van der Waals surface area (Å²) < 4.78 is 35.0. The SMILES string of the molecule is CS(=O)(=O)c1ccccc1CC(=O)N1CCC2(CC1)OCCO2. The van der Waals surface area contributed by atoms with Crippen LogP contribution in [0.1, 0.15) is 18.4 Å². The Bertz CT molecular complexity index is 684. The van der Waals surface area contributed by atoms with Crippen molar-refractivity contribution in [2.75, 3.05) is 32.6 Å². The molecule has 0 aliphatic carbocycles. The van der Waals surface area contributed by atoms with Gasteiger partial charge in [0.2, 0.25) is 5.91 Å². The number of rotatable bonds is 3. The molecule has 0 N–H and O–H groups in total. The third kappa shape index (κ3) is 3.57. The molecule has 7 heteroatoms. The second kappa shape index (κ2) is 6.22. The number of hydrogen-bond donors (Lipinski definition) is 0. The van der Waals surface area contributed by atoms with Crippen LogP contribution in [-0.4, -0.2) is 57.6 Å². The van der Waals surface area contributed by atoms with Gasteiger partial charge in [0.25, 0.3) is 0 Å². The van der Waals surface area contributed by atoms with E-state index in [9.17, 15) is 13.2 Å². The number of ether oxygens (including phenoxy) is 2. The Morgan fingerprint density at radius 2 is 1.78 bits per heavy atom. The molecule has 0 bridgehead atoms. The van der Waals surface area contributed by atoms with Crippen molar-refractivity contribution in [3.8, 4) is 0 Å². The lowest BCUT2D eigenvalue weighted by Gasteiger charge is -2.37. The van der Waals surface area contributed by atoms with Gasteiger partial charge in [-0.3, -0.25) is 4.79 Å². The Morgan fingerprint density at radius 1 is 1.17 bits per heavy atom. The van der Waals surface area contributed by atoms with Gasteiger partial charge in [-0.2, -0.15) is 0 Å². The molecule has 0 aromatic heterocycles. The van der Waals surface area contributed by atoms with Crippen molar-refractivity contribution in [2.24, 2.45) is 0 Å². The molecule has 6 nitrogen and oxygen atoms in total. The van der Waals surface area contributed by atoms with Crippen molar-refractivity contribution in [2.45, 2.75) is 29.9 Å². The number of carbonyl (C=O) groups excluding carboxylic acids is 1. The summed E-state index contributed by atoms with van der Waals surface area (Å²) in [7, 11) is -3.34. The van der Waals surface area contributed by atoms with Gasteiger partial charge in [-0.1, -0.05) is 18.2 Å². The number of nitrogens with zero attached hydrogens (tertiary/aromatic N) is 1. The molecule has 126 valence electrons. The maximum Gasteiger partial charge on any atom is 0.227 e. The fourth-order valence-corrected chi connectivity index (χ4v) is 4.11. The first-order valence-corrected chi connectivity index (χ1v) is 9.62. The number of likely N-dealkylation sites (tertiary alicyclic amines) is 1. The summed E-state index contributed by atoms with van der Waals surface area (Å²) in [5.41, 5.74) is 0.550. The van der Waals surface area contributed by atoms with Crippen LogP contribution in [0.5, 0.6) is 0 Å². The molecule has 2 aliphatic rings. The minimum atomic E-state index is -3.34. The first kappa shape index (κ1) is 16.4. The van der Waals surface area contributed by atoms with E-state index in [-0.39, 0.29) is 17.2 Å². The highest BCUT2D eigenvalue weighted by molar-refractivity contribution is 7.90. The van der Waals surface area contributed by atoms with E-state index < -0.39 is 15.6 Å². The molecule has 2 aliphatic heterocycles. The van der Waals surface area contributed by atoms with Crippen LogP contribution in [0.2, 0.25) is 0 Å². The van der Waals surface area contributed by atoms with Crippen LogP contribution in [0.3, 0.4) is 0 Å². The van der Waals surface area contributed by atoms with Crippen molar-refractivity contribution in [3.05, 3.63) is 29.8 Å². The zero-order valence-electron chi connectivity index (χ0n) is 13.2. The highest BCUT2D eigenvalue weighted by atomic mass is 32.2. The number of piperidine rings is 1. The topological polar surface area (TPSA) is 72.9 Å². The minimum Gasteiger partial charge on any atom is -0.347 e. The molecule has 2 fully saturated rings. The molecule has 1 amide bonds. The van der Waals surface area contributed by atoms with Gasteiger partial charge < -0.3 is 14.4 Å². The molecule has 0 saturated carbocycles. The standard InChI is InChI=1S/C16H21NO5S/c1-23(19,20)14-5-3-2-4-13(14)12-15(18)17-8-6-16(7-9-17)21-10-11-22-16/h2-5H,6-12H2,1H3. The Kier molecular flexibility index (Phi) is 4.44. The predicted molar refractivity (Wildman–Crippen MR) is 83.7 cm³/mol. The Labute approximate surface area is 136 Å². The lowest BCUT2D eigenvalue weighted by atomic mass is 10.0. The largest absolute Gasteiger partial charge is 0.347 e. The molecule has 23 heavy (non-hydrogen) atoms. The van der Waals surface area contributed by atoms with Crippen molar-refractivity contribution in [1.29, 1.82) is 0 Å². The van der Waals surface area contributed by atoms with Gasteiger partial charge in [-0.15, -0.1) is 0 Å². The summed E-state index contributed by atoms with van der Waals surface area (Å²) in [6.07, 6.45) is 2.58. The van der Waals surface area contributed by atoms with E-state index in [1.165, 1.54) is 0 Å². The number of benzene rings is 1. The van der Waals surface area contributed by atoms with Gasteiger partial charge in [0.05, 0.1) is 24.5 Å². The van der Waals surface area contributed by atoms with E-state index in [4.69, 9.17) is 9.47 Å². The summed E-state index contributed by atoms with van der Waals surface area (Å²) in [6, 6.07) is 6.67. The lowest BCUT2D eigenvalue weighted by Crippen LogP contribution is -2.47. The second-order valence-electron chi connectivity index (χ2n) is 6.05. The fourth-order valence-electron chi connectivity index (χ4n) is 3.17. The number of amides is 1. The average molecular weight is 339 g/mol. The van der Waals surface area contributed by atoms with Crippen LogP contribution in [0.4, 0.5) is 0 Å². The molecule has 1 aromatic carbocycles. The number of sulfone groups is 1. The third-order valence-electron chi connectivity index (χ3n) is 4.41. The molecule has 1 spiro atoms. The van der Waals surface area contributed by atoms with Crippen LogP contribution in [0.25, 0.3) is 0 Å². The highest BCUT2D eigenvalue weighted by Crippen LogP contribution is 2.31. The Hall–Kier alpha value is -1.44. The molecule has 0 radical (unpaired) electrons. The second-order valence-corrected chi connectivity index (χ2v) is 8.03. The summed E-state index contributed by atoms with van der Waals surface area (Å²) >= 11 is 0. The molecule has 0 atom stereocenters. The fraction of sp³-hybridized carbons (Fsp3) is 0.562. The maximum atomic E-state index is 12.5. The summed E-state index contributed by atoms with van der Waals surface area (Å²) in [4.78, 5) is 14.5. The summed E-state index contributed by atoms with van der Waals surface area (Å²) in [5, 5.41) is 0. The first-order valence-electron chi connectivity index (χ1n) is 7.73. The van der Waals surface area contributed by atoms with Gasteiger partial charge >= 0.3 is 0 Å². The van der Waals surface area contributed by atoms with Crippen molar-refractivity contribution in [1.82, 2.24) is 4.90 Å². The van der Waals surface area contributed by atoms with E-state index in [0.29, 0.717) is 44.7 Å². The van der Waals surface area contributed by atoms with Gasteiger partial charge in [0.1, 0.15) is 0 Å². The monoisotopic (exact) mass is 339 g/mol. The third-order valence-corrected chi connectivity index (χ3v) is 5.60. The summed E-state index contributed by atoms with van der Waals surface area (Å²) in [5.74, 6) is -0.574. The Morgan fingerprint density at radius 3 is 2.39 bits per heavy atom. The lowest BCUT2D eigenvalue weighted by molar-refractivity contribution is -0.187. The molecule has 1 aromatic rings. The van der Waals surface area contributed by atoms with Crippen LogP contribution < -0.4 is 0 Å². The van der Waals surface area contributed by atoms with Crippen molar-refractivity contribution >= 4 is 15.7 Å². The normalized spacial score (nSPS) is 20.8. The van der Waals surface area contributed by atoms with E-state index >= 15 is 0 Å². The zero-order chi connectivity index (χ0) is 16.5. The first-order chi connectivity index (χ1) is 10.9. The quantitative estimate of drug-likeness (QED) is 0.821. The van der Waals surface area contributed by atoms with E-state index in [1.54, 1.807) is 29.2 Å². The minimum absolute atomic E-state index is 0.0612. The van der Waals surface area contributed by atoms with Crippen LogP contribution in [0.15, 0.2) is 29.2 Å². The Balaban J connectivity index is 1.67. The van der Waals surface area contributed by atoms with Crippen molar-refractivity contribution in [3.63, 3.8) is 0 Å². The molecular formula is C16H21NO5S. The van der Waals surface area contributed by atoms with E-state index in [0.717, 1.165) is 6.26 Å². The van der Waals surface area contributed by atoms with Gasteiger partial charge in [0, 0.05) is 32.2 Å². The smallest absolute Gasteiger partial charge is 0.227 e. The van der Waals surface area contributed by atoms with Gasteiger partial charge in [-0.25, -0.2) is 8.42 Å². The van der Waals surface area contributed by atoms with Crippen LogP contribution >= 0.6 is 0 Å². The highest BCUT2D eigenvalue weighted by Gasteiger charge is 2.40. The van der Waals surface area contributed by atoms with E-state index in [1.807, 2.05) is 0 Å². The van der Waals surface area contributed by atoms with E-state index in [2.05, 4.69) is 0 Å². The number of carbonyl (C=O) groups is 1. The van der Waals surface area contributed by atoms with Gasteiger partial charge in [0.15, 0.2) is 15.6 Å². The zero-order valence-corrected chi connectivity index (χ0v) is 14.0. The molecular weight excluding hydrogens is 318 g/mol.